The van der Waals surface area contributed by atoms with Gasteiger partial charge in [-0.2, -0.15) is 0 Å². The second kappa shape index (κ2) is 3.23. The Kier molecular flexibility index (Phi) is 5.50. The Hall–Kier alpha value is 1.19. The van der Waals surface area contributed by atoms with Crippen LogP contribution in [0, 0.1) is 0 Å². The molecular formula is CHBrCdF3. The standard InChI is InChI=1S/CF3.BrH.Cd/c2-1(3)4;;/h;1H;. The zero-order chi connectivity index (χ0) is 4.50. The van der Waals surface area contributed by atoms with E-state index in [-0.39, 0.29) is 17.0 Å². The zero-order valence-electron chi connectivity index (χ0n) is 2.75. The monoisotopic (exact) mass is 263 g/mol. The van der Waals surface area contributed by atoms with Gasteiger partial charge in [-0.3, -0.25) is 0 Å². The summed E-state index contributed by atoms with van der Waals surface area (Å²) in [6.07, 6.45) is 0. The van der Waals surface area contributed by atoms with E-state index in [2.05, 4.69) is 0 Å². The first-order valence-electron chi connectivity index (χ1n) is 0.921. The summed E-state index contributed by atoms with van der Waals surface area (Å²) in [5.74, 6) is 0. The van der Waals surface area contributed by atoms with Gasteiger partial charge in [0.05, 0.1) is 0 Å². The molecule has 0 heterocycles. The maximum atomic E-state index is 10.4. The molecule has 0 aliphatic carbocycles. The third kappa shape index (κ3) is 64.2. The molecule has 0 aliphatic heterocycles. The molecule has 0 saturated carbocycles. The Morgan fingerprint density at radius 1 is 1.17 bits per heavy atom. The van der Waals surface area contributed by atoms with E-state index >= 15 is 0 Å². The van der Waals surface area contributed by atoms with Gasteiger partial charge in [0, 0.05) is 0 Å². The van der Waals surface area contributed by atoms with Crippen LogP contribution in [0.25, 0.3) is 0 Å². The third-order valence-electron chi connectivity index (χ3n) is 0. The van der Waals surface area contributed by atoms with E-state index in [1.165, 1.54) is 0 Å². The number of halogens is 4. The number of rotatable bonds is 0. The first-order chi connectivity index (χ1) is 2.00. The fourth-order valence-corrected chi connectivity index (χ4v) is 0. The van der Waals surface area contributed by atoms with Crippen molar-refractivity contribution < 1.29 is 38.9 Å². The average molecular weight is 262 g/mol. The molecule has 35 valence electrons. The fourth-order valence-electron chi connectivity index (χ4n) is 0. The molecule has 0 saturated heterocycles. The van der Waals surface area contributed by atoms with E-state index in [1.807, 2.05) is 0 Å². The van der Waals surface area contributed by atoms with Crippen LogP contribution >= 0.6 is 17.0 Å². The van der Waals surface area contributed by atoms with Crippen molar-refractivity contribution in [2.75, 3.05) is 0 Å². The van der Waals surface area contributed by atoms with E-state index < -0.39 is 29.5 Å². The number of alkyl halides is 3. The first kappa shape index (κ1) is 10.2. The topological polar surface area (TPSA) is 0 Å². The van der Waals surface area contributed by atoms with Gasteiger partial charge >= 0.3 is 42.7 Å². The van der Waals surface area contributed by atoms with Gasteiger partial charge < -0.3 is 0 Å². The molecular weight excluding hydrogens is 261 g/mol. The summed E-state index contributed by atoms with van der Waals surface area (Å²) >= 11 is -0.889. The van der Waals surface area contributed by atoms with E-state index in [4.69, 9.17) is 0 Å². The van der Waals surface area contributed by atoms with Gasteiger partial charge in [-0.15, -0.1) is 17.0 Å². The normalized spacial score (nSPS) is 10.2. The van der Waals surface area contributed by atoms with Crippen LogP contribution in [0.2, 0.25) is 0 Å². The van der Waals surface area contributed by atoms with Crippen LogP contribution < -0.4 is 0 Å². The summed E-state index contributed by atoms with van der Waals surface area (Å²) in [6, 6.07) is 0. The molecule has 0 amide bonds. The summed E-state index contributed by atoms with van der Waals surface area (Å²) in [5, 5.41) is 0. The van der Waals surface area contributed by atoms with Crippen molar-refractivity contribution in [2.24, 2.45) is 0 Å². The second-order valence-electron chi connectivity index (χ2n) is 0.615. The van der Waals surface area contributed by atoms with Gasteiger partial charge in [0.25, 0.3) is 0 Å². The van der Waals surface area contributed by atoms with Crippen molar-refractivity contribution in [1.29, 1.82) is 0 Å². The fraction of sp³-hybridized carbons (Fsp3) is 1.00. The molecule has 0 aromatic rings. The number of hydrogen-bond donors (Lipinski definition) is 0. The minimum atomic E-state index is -3.83. The van der Waals surface area contributed by atoms with E-state index in [0.717, 1.165) is 0 Å². The SMILES string of the molecule is Br.F[C](F)(F)[Cd]. The summed E-state index contributed by atoms with van der Waals surface area (Å²) in [6.45, 7) is 0. The van der Waals surface area contributed by atoms with E-state index in [1.54, 1.807) is 0 Å². The van der Waals surface area contributed by atoms with Crippen molar-refractivity contribution in [3.8, 4) is 0 Å². The Morgan fingerprint density at radius 2 is 1.17 bits per heavy atom. The van der Waals surface area contributed by atoms with Crippen LogP contribution in [0.5, 0.6) is 0 Å². The first-order valence-corrected chi connectivity index (χ1v) is 2.94. The zero-order valence-corrected chi connectivity index (χ0v) is 8.50. The van der Waals surface area contributed by atoms with Crippen LogP contribution in [0.3, 0.4) is 0 Å². The third-order valence-corrected chi connectivity index (χ3v) is 0. The van der Waals surface area contributed by atoms with Crippen molar-refractivity contribution in [3.05, 3.63) is 0 Å². The minimum absolute atomic E-state index is 0. The molecule has 6 heavy (non-hydrogen) atoms. The Balaban J connectivity index is 0. The maximum absolute atomic E-state index is 10.4. The molecule has 0 atom stereocenters. The predicted octanol–water partition coefficient (Wildman–Crippen LogP) is 1.63. The van der Waals surface area contributed by atoms with Crippen LogP contribution in [0.1, 0.15) is 0 Å². The van der Waals surface area contributed by atoms with Gasteiger partial charge in [-0.1, -0.05) is 0 Å². The van der Waals surface area contributed by atoms with Crippen LogP contribution in [0.4, 0.5) is 13.2 Å². The van der Waals surface area contributed by atoms with Crippen molar-refractivity contribution in [1.82, 2.24) is 0 Å². The van der Waals surface area contributed by atoms with Gasteiger partial charge in [0.2, 0.25) is 0 Å². The summed E-state index contributed by atoms with van der Waals surface area (Å²) in [4.78, 5) is 0. The van der Waals surface area contributed by atoms with E-state index in [9.17, 15) is 13.2 Å². The molecule has 0 fully saturated rings. The predicted molar refractivity (Wildman–Crippen MR) is 16.4 cm³/mol. The van der Waals surface area contributed by atoms with Crippen molar-refractivity contribution >= 4 is 17.0 Å². The van der Waals surface area contributed by atoms with Gasteiger partial charge in [0.1, 0.15) is 0 Å². The molecule has 0 nitrogen and oxygen atoms in total. The van der Waals surface area contributed by atoms with Crippen LogP contribution in [-0.4, -0.2) is 3.74 Å². The average Bonchev–Trinajstić information content (AvgIpc) is 0.722. The van der Waals surface area contributed by atoms with Crippen LogP contribution in [0.15, 0.2) is 0 Å². The molecule has 0 aromatic carbocycles. The molecule has 0 unspecified atom stereocenters. The summed E-state index contributed by atoms with van der Waals surface area (Å²) < 4.78 is 27.5. The Morgan fingerprint density at radius 3 is 1.17 bits per heavy atom. The van der Waals surface area contributed by atoms with E-state index in [0.29, 0.717) is 0 Å². The molecule has 5 heteroatoms. The molecule has 0 radical (unpaired) electrons. The second-order valence-corrected chi connectivity index (χ2v) is 2.90. The van der Waals surface area contributed by atoms with Crippen molar-refractivity contribution in [3.63, 3.8) is 0 Å². The van der Waals surface area contributed by atoms with Gasteiger partial charge in [-0.25, -0.2) is 0 Å². The van der Waals surface area contributed by atoms with Crippen LogP contribution in [-0.2, 0) is 25.8 Å². The molecule has 0 bridgehead atoms. The quantitative estimate of drug-likeness (QED) is 0.582. The van der Waals surface area contributed by atoms with Gasteiger partial charge in [-0.05, 0) is 0 Å². The summed E-state index contributed by atoms with van der Waals surface area (Å²) in [7, 11) is 0. The Labute approximate surface area is 59.6 Å². The Bertz CT molecular complexity index is 26.3. The molecule has 0 aliphatic rings. The molecule has 0 N–H and O–H groups in total. The molecule has 0 rings (SSSR count). The number of hydrogen-bond acceptors (Lipinski definition) is 0. The molecule has 0 spiro atoms. The molecule has 0 aromatic heterocycles. The van der Waals surface area contributed by atoms with Gasteiger partial charge in [0.15, 0.2) is 0 Å². The van der Waals surface area contributed by atoms with Crippen molar-refractivity contribution in [2.45, 2.75) is 3.74 Å². The summed E-state index contributed by atoms with van der Waals surface area (Å²) in [5.41, 5.74) is 0.